The first-order valence-corrected chi connectivity index (χ1v) is 6.28. The molecule has 0 aliphatic carbocycles. The van der Waals surface area contributed by atoms with Gasteiger partial charge in [0.1, 0.15) is 5.82 Å². The number of nitrogens with one attached hydrogen (secondary N) is 2. The third-order valence-corrected chi connectivity index (χ3v) is 2.89. The van der Waals surface area contributed by atoms with E-state index >= 15 is 0 Å². The zero-order chi connectivity index (χ0) is 13.7. The van der Waals surface area contributed by atoms with Gasteiger partial charge in [-0.1, -0.05) is 31.2 Å². The molecule has 1 aromatic carbocycles. The van der Waals surface area contributed by atoms with Gasteiger partial charge in [0.15, 0.2) is 0 Å². The second-order valence-corrected chi connectivity index (χ2v) is 4.26. The van der Waals surface area contributed by atoms with Crippen molar-refractivity contribution in [2.24, 2.45) is 0 Å². The average Bonchev–Trinajstić information content (AvgIpc) is 2.42. The fourth-order valence-electron chi connectivity index (χ4n) is 1.90. The molecule has 4 nitrogen and oxygen atoms in total. The van der Waals surface area contributed by atoms with Crippen molar-refractivity contribution in [1.29, 1.82) is 0 Å². The van der Waals surface area contributed by atoms with Gasteiger partial charge in [-0.05, 0) is 36.6 Å². The summed E-state index contributed by atoms with van der Waals surface area (Å²) in [5.41, 5.74) is 3.05. The maximum Gasteiger partial charge on any atom is 0.324 e. The van der Waals surface area contributed by atoms with E-state index in [0.717, 1.165) is 23.2 Å². The lowest BCUT2D eigenvalue weighted by Crippen LogP contribution is -2.21. The lowest BCUT2D eigenvalue weighted by molar-refractivity contribution is 0.262. The third kappa shape index (κ3) is 3.31. The average molecular weight is 255 g/mol. The van der Waals surface area contributed by atoms with Crippen LogP contribution in [0.5, 0.6) is 0 Å². The second kappa shape index (κ2) is 6.00. The van der Waals surface area contributed by atoms with Crippen molar-refractivity contribution in [3.8, 4) is 0 Å². The van der Waals surface area contributed by atoms with Gasteiger partial charge in [-0.2, -0.15) is 0 Å². The zero-order valence-electron chi connectivity index (χ0n) is 11.1. The number of aromatic nitrogens is 1. The molecule has 0 saturated heterocycles. The SMILES string of the molecule is CCc1cccc(C)c1NC(=O)Nc1ccccn1. The Morgan fingerprint density at radius 1 is 1.16 bits per heavy atom. The highest BCUT2D eigenvalue weighted by Gasteiger charge is 2.08. The number of para-hydroxylation sites is 1. The first-order chi connectivity index (χ1) is 9.20. The second-order valence-electron chi connectivity index (χ2n) is 4.26. The first-order valence-electron chi connectivity index (χ1n) is 6.28. The quantitative estimate of drug-likeness (QED) is 0.880. The van der Waals surface area contributed by atoms with E-state index in [1.54, 1.807) is 18.3 Å². The molecule has 0 spiro atoms. The van der Waals surface area contributed by atoms with Crippen molar-refractivity contribution in [2.75, 3.05) is 10.6 Å². The summed E-state index contributed by atoms with van der Waals surface area (Å²) in [4.78, 5) is 16.0. The van der Waals surface area contributed by atoms with E-state index in [1.807, 2.05) is 31.2 Å². The van der Waals surface area contributed by atoms with Gasteiger partial charge in [0, 0.05) is 11.9 Å². The number of carbonyl (C=O) groups excluding carboxylic acids is 1. The number of pyridine rings is 1. The molecule has 4 heteroatoms. The van der Waals surface area contributed by atoms with E-state index in [4.69, 9.17) is 0 Å². The highest BCUT2D eigenvalue weighted by Crippen LogP contribution is 2.21. The highest BCUT2D eigenvalue weighted by atomic mass is 16.2. The number of benzene rings is 1. The van der Waals surface area contributed by atoms with E-state index in [1.165, 1.54) is 0 Å². The van der Waals surface area contributed by atoms with E-state index < -0.39 is 0 Å². The summed E-state index contributed by atoms with van der Waals surface area (Å²) >= 11 is 0. The predicted octanol–water partition coefficient (Wildman–Crippen LogP) is 3.60. The lowest BCUT2D eigenvalue weighted by atomic mass is 10.1. The number of hydrogen-bond acceptors (Lipinski definition) is 2. The van der Waals surface area contributed by atoms with Crippen LogP contribution in [-0.2, 0) is 6.42 Å². The topological polar surface area (TPSA) is 54.0 Å². The fraction of sp³-hybridized carbons (Fsp3) is 0.200. The number of nitrogens with zero attached hydrogens (tertiary/aromatic N) is 1. The van der Waals surface area contributed by atoms with Gasteiger partial charge in [0.25, 0.3) is 0 Å². The van der Waals surface area contributed by atoms with Gasteiger partial charge >= 0.3 is 6.03 Å². The standard InChI is InChI=1S/C15H17N3O/c1-3-12-8-6-7-11(2)14(12)18-15(19)17-13-9-4-5-10-16-13/h4-10H,3H2,1-2H3,(H2,16,17,18,19). The van der Waals surface area contributed by atoms with Gasteiger partial charge in [-0.15, -0.1) is 0 Å². The van der Waals surface area contributed by atoms with Crippen LogP contribution in [0.25, 0.3) is 0 Å². The zero-order valence-corrected chi connectivity index (χ0v) is 11.1. The third-order valence-electron chi connectivity index (χ3n) is 2.89. The van der Waals surface area contributed by atoms with E-state index in [-0.39, 0.29) is 6.03 Å². The van der Waals surface area contributed by atoms with E-state index in [0.29, 0.717) is 5.82 Å². The molecule has 0 saturated carbocycles. The summed E-state index contributed by atoms with van der Waals surface area (Å²) in [7, 11) is 0. The Hall–Kier alpha value is -2.36. The molecule has 0 aliphatic heterocycles. The van der Waals surface area contributed by atoms with Crippen LogP contribution < -0.4 is 10.6 Å². The Labute approximate surface area is 112 Å². The molecule has 0 aliphatic rings. The molecule has 2 amide bonds. The van der Waals surface area contributed by atoms with Crippen molar-refractivity contribution < 1.29 is 4.79 Å². The van der Waals surface area contributed by atoms with Gasteiger partial charge in [0.2, 0.25) is 0 Å². The minimum atomic E-state index is -0.275. The molecule has 1 aromatic heterocycles. The van der Waals surface area contributed by atoms with Crippen LogP contribution in [-0.4, -0.2) is 11.0 Å². The number of amides is 2. The van der Waals surface area contributed by atoms with E-state index in [9.17, 15) is 4.79 Å². The Bertz CT molecular complexity index is 567. The summed E-state index contributed by atoms with van der Waals surface area (Å²) in [5.74, 6) is 0.534. The Morgan fingerprint density at radius 2 is 2.00 bits per heavy atom. The largest absolute Gasteiger partial charge is 0.324 e. The molecule has 19 heavy (non-hydrogen) atoms. The van der Waals surface area contributed by atoms with Crippen molar-refractivity contribution in [1.82, 2.24) is 4.98 Å². The van der Waals surface area contributed by atoms with E-state index in [2.05, 4.69) is 22.5 Å². The minimum absolute atomic E-state index is 0.275. The summed E-state index contributed by atoms with van der Waals surface area (Å²) in [6, 6.07) is 11.1. The summed E-state index contributed by atoms with van der Waals surface area (Å²) < 4.78 is 0. The van der Waals surface area contributed by atoms with Crippen molar-refractivity contribution in [2.45, 2.75) is 20.3 Å². The Morgan fingerprint density at radius 3 is 2.68 bits per heavy atom. The number of anilines is 2. The highest BCUT2D eigenvalue weighted by molar-refractivity contribution is 6.00. The van der Waals surface area contributed by atoms with Crippen molar-refractivity contribution >= 4 is 17.5 Å². The molecule has 0 bridgehead atoms. The van der Waals surface area contributed by atoms with Crippen LogP contribution in [0.4, 0.5) is 16.3 Å². The first kappa shape index (κ1) is 13.1. The number of carbonyl (C=O) groups is 1. The van der Waals surface area contributed by atoms with Gasteiger partial charge in [-0.3, -0.25) is 5.32 Å². The molecule has 98 valence electrons. The molecule has 2 N–H and O–H groups in total. The fourth-order valence-corrected chi connectivity index (χ4v) is 1.90. The molecule has 0 atom stereocenters. The predicted molar refractivity (Wildman–Crippen MR) is 77.4 cm³/mol. The summed E-state index contributed by atoms with van der Waals surface area (Å²) in [6.45, 7) is 4.05. The molecular weight excluding hydrogens is 238 g/mol. The van der Waals surface area contributed by atoms with Gasteiger partial charge in [0.05, 0.1) is 0 Å². The normalized spacial score (nSPS) is 10.0. The maximum atomic E-state index is 11.9. The van der Waals surface area contributed by atoms with Crippen LogP contribution >= 0.6 is 0 Å². The molecule has 2 aromatic rings. The van der Waals surface area contributed by atoms with Crippen LogP contribution in [0.15, 0.2) is 42.6 Å². The Balaban J connectivity index is 2.11. The molecule has 0 radical (unpaired) electrons. The van der Waals surface area contributed by atoms with Crippen LogP contribution in [0.1, 0.15) is 18.1 Å². The van der Waals surface area contributed by atoms with Crippen molar-refractivity contribution in [3.05, 3.63) is 53.7 Å². The number of rotatable bonds is 3. The Kier molecular flexibility index (Phi) is 4.13. The number of hydrogen-bond donors (Lipinski definition) is 2. The monoisotopic (exact) mass is 255 g/mol. The van der Waals surface area contributed by atoms with Crippen LogP contribution in [0.3, 0.4) is 0 Å². The molecule has 0 fully saturated rings. The number of urea groups is 1. The lowest BCUT2D eigenvalue weighted by Gasteiger charge is -2.13. The van der Waals surface area contributed by atoms with Gasteiger partial charge < -0.3 is 5.32 Å². The van der Waals surface area contributed by atoms with Gasteiger partial charge in [-0.25, -0.2) is 9.78 Å². The molecule has 0 unspecified atom stereocenters. The summed E-state index contributed by atoms with van der Waals surface area (Å²) in [6.07, 6.45) is 2.52. The maximum absolute atomic E-state index is 11.9. The molecule has 2 rings (SSSR count). The summed E-state index contributed by atoms with van der Waals surface area (Å²) in [5, 5.41) is 5.60. The number of aryl methyl sites for hydroxylation is 2. The molecule has 1 heterocycles. The van der Waals surface area contributed by atoms with Crippen molar-refractivity contribution in [3.63, 3.8) is 0 Å². The van der Waals surface area contributed by atoms with Crippen LogP contribution in [0, 0.1) is 6.92 Å². The molecular formula is C15H17N3O. The van der Waals surface area contributed by atoms with Crippen LogP contribution in [0.2, 0.25) is 0 Å². The minimum Gasteiger partial charge on any atom is -0.307 e. The smallest absolute Gasteiger partial charge is 0.307 e.